The molecule has 0 radical (unpaired) electrons. The Labute approximate surface area is 161 Å². The molecular weight excluding hydrogens is 389 g/mol. The Bertz CT molecular complexity index is 1230. The molecule has 1 aliphatic carbocycles. The Morgan fingerprint density at radius 2 is 2.00 bits per heavy atom. The molecule has 0 aromatic carbocycles. The summed E-state index contributed by atoms with van der Waals surface area (Å²) in [5, 5.41) is 5.30. The second-order valence-electron chi connectivity index (χ2n) is 7.41. The SMILES string of the molecule is CC1(C(F)(F)F)NC(=O)c2ccc(Nc3ncnc4[nH]c(C5CC5)cc34)c(=O)n21. The summed E-state index contributed by atoms with van der Waals surface area (Å²) < 4.78 is 41.3. The lowest BCUT2D eigenvalue weighted by molar-refractivity contribution is -0.213. The van der Waals surface area contributed by atoms with Crippen molar-refractivity contribution < 1.29 is 18.0 Å². The maximum Gasteiger partial charge on any atom is 0.430 e. The van der Waals surface area contributed by atoms with E-state index in [2.05, 4.69) is 20.3 Å². The van der Waals surface area contributed by atoms with Crippen LogP contribution in [0, 0.1) is 0 Å². The number of carbonyl (C=O) groups excluding carboxylic acids is 1. The normalized spacial score (nSPS) is 21.3. The van der Waals surface area contributed by atoms with E-state index in [1.807, 2.05) is 11.4 Å². The molecule has 150 valence electrons. The van der Waals surface area contributed by atoms with Crippen LogP contribution < -0.4 is 16.2 Å². The maximum absolute atomic E-state index is 13.6. The molecule has 0 bridgehead atoms. The van der Waals surface area contributed by atoms with Crippen molar-refractivity contribution in [1.82, 2.24) is 24.8 Å². The molecule has 29 heavy (non-hydrogen) atoms. The van der Waals surface area contributed by atoms with Crippen molar-refractivity contribution in [3.8, 4) is 0 Å². The predicted octanol–water partition coefficient (Wildman–Crippen LogP) is 2.72. The van der Waals surface area contributed by atoms with E-state index in [-0.39, 0.29) is 11.4 Å². The third kappa shape index (κ3) is 2.53. The number of nitrogens with one attached hydrogen (secondary N) is 3. The van der Waals surface area contributed by atoms with Gasteiger partial charge < -0.3 is 15.6 Å². The average Bonchev–Trinajstić information content (AvgIpc) is 3.34. The van der Waals surface area contributed by atoms with E-state index in [1.165, 1.54) is 18.5 Å². The standard InChI is InChI=1S/C18H15F3N6O2/c1-17(18(19,20)21)26-15(28)12-5-4-10(16(29)27(12)17)24-13-9-6-11(8-2-3-8)25-14(9)23-7-22-13/h4-8H,2-3H2,1H3,(H,26,28)(H2,22,23,24,25). The molecule has 3 N–H and O–H groups in total. The van der Waals surface area contributed by atoms with Crippen LogP contribution in [0.1, 0.15) is 41.9 Å². The van der Waals surface area contributed by atoms with Crippen LogP contribution in [-0.2, 0) is 5.66 Å². The first-order chi connectivity index (χ1) is 13.7. The minimum absolute atomic E-state index is 0.130. The number of hydrogen-bond acceptors (Lipinski definition) is 5. The van der Waals surface area contributed by atoms with Gasteiger partial charge in [0, 0.05) is 5.69 Å². The number of anilines is 2. The number of hydrogen-bond donors (Lipinski definition) is 3. The molecular formula is C18H15F3N6O2. The van der Waals surface area contributed by atoms with Crippen LogP contribution in [0.2, 0.25) is 0 Å². The first-order valence-electron chi connectivity index (χ1n) is 8.95. The Morgan fingerprint density at radius 1 is 1.24 bits per heavy atom. The second kappa shape index (κ2) is 5.58. The van der Waals surface area contributed by atoms with E-state index in [0.29, 0.717) is 27.3 Å². The molecule has 1 amide bonds. The number of pyridine rings is 1. The Hall–Kier alpha value is -3.37. The number of alkyl halides is 3. The Balaban J connectivity index is 1.61. The minimum atomic E-state index is -4.86. The van der Waals surface area contributed by atoms with Crippen molar-refractivity contribution >= 4 is 28.4 Å². The first kappa shape index (κ1) is 17.7. The number of carbonyl (C=O) groups is 1. The van der Waals surface area contributed by atoms with Gasteiger partial charge in [-0.15, -0.1) is 0 Å². The molecule has 1 saturated carbocycles. The lowest BCUT2D eigenvalue weighted by Gasteiger charge is -2.29. The second-order valence-corrected chi connectivity index (χ2v) is 7.41. The van der Waals surface area contributed by atoms with E-state index in [0.717, 1.165) is 25.5 Å². The van der Waals surface area contributed by atoms with Gasteiger partial charge in [0.1, 0.15) is 29.2 Å². The molecule has 1 unspecified atom stereocenters. The molecule has 4 heterocycles. The fourth-order valence-corrected chi connectivity index (χ4v) is 3.59. The zero-order valence-corrected chi connectivity index (χ0v) is 15.1. The van der Waals surface area contributed by atoms with Crippen LogP contribution in [0.4, 0.5) is 24.7 Å². The highest BCUT2D eigenvalue weighted by atomic mass is 19.4. The van der Waals surface area contributed by atoms with E-state index < -0.39 is 23.3 Å². The van der Waals surface area contributed by atoms with E-state index in [4.69, 9.17) is 0 Å². The van der Waals surface area contributed by atoms with Gasteiger partial charge in [-0.2, -0.15) is 13.2 Å². The van der Waals surface area contributed by atoms with Gasteiger partial charge in [0.05, 0.1) is 5.39 Å². The van der Waals surface area contributed by atoms with Gasteiger partial charge in [-0.25, -0.2) is 9.97 Å². The summed E-state index contributed by atoms with van der Waals surface area (Å²) in [6.07, 6.45) is -1.41. The fraction of sp³-hybridized carbons (Fsp3) is 0.333. The van der Waals surface area contributed by atoms with Crippen LogP contribution in [0.5, 0.6) is 0 Å². The number of halogens is 3. The van der Waals surface area contributed by atoms with Gasteiger partial charge in [-0.3, -0.25) is 14.2 Å². The van der Waals surface area contributed by atoms with Crippen molar-refractivity contribution in [3.05, 3.63) is 46.3 Å². The number of fused-ring (bicyclic) bond motifs is 2. The van der Waals surface area contributed by atoms with E-state index >= 15 is 0 Å². The minimum Gasteiger partial charge on any atom is -0.343 e. The van der Waals surface area contributed by atoms with Crippen LogP contribution in [0.3, 0.4) is 0 Å². The summed E-state index contributed by atoms with van der Waals surface area (Å²) in [6, 6.07) is 4.34. The number of aromatic nitrogens is 4. The molecule has 3 aromatic heterocycles. The third-order valence-electron chi connectivity index (χ3n) is 5.39. The Kier molecular flexibility index (Phi) is 3.41. The van der Waals surface area contributed by atoms with Gasteiger partial charge >= 0.3 is 6.18 Å². The fourth-order valence-electron chi connectivity index (χ4n) is 3.59. The van der Waals surface area contributed by atoms with Crippen LogP contribution in [0.25, 0.3) is 11.0 Å². The smallest absolute Gasteiger partial charge is 0.343 e. The molecule has 3 aromatic rings. The van der Waals surface area contributed by atoms with E-state index in [1.54, 1.807) is 0 Å². The van der Waals surface area contributed by atoms with Crippen LogP contribution in [0.15, 0.2) is 29.3 Å². The molecule has 11 heteroatoms. The van der Waals surface area contributed by atoms with Crippen molar-refractivity contribution in [3.63, 3.8) is 0 Å². The largest absolute Gasteiger partial charge is 0.430 e. The summed E-state index contributed by atoms with van der Waals surface area (Å²) in [7, 11) is 0. The first-order valence-corrected chi connectivity index (χ1v) is 8.95. The lowest BCUT2D eigenvalue weighted by atomic mass is 10.2. The highest BCUT2D eigenvalue weighted by Gasteiger charge is 2.59. The molecule has 1 aliphatic heterocycles. The topological polar surface area (TPSA) is 105 Å². The van der Waals surface area contributed by atoms with Crippen molar-refractivity contribution in [2.45, 2.75) is 37.5 Å². The highest BCUT2D eigenvalue weighted by Crippen LogP contribution is 2.41. The van der Waals surface area contributed by atoms with Crippen LogP contribution >= 0.6 is 0 Å². The zero-order valence-electron chi connectivity index (χ0n) is 15.1. The van der Waals surface area contributed by atoms with Crippen molar-refractivity contribution in [1.29, 1.82) is 0 Å². The lowest BCUT2D eigenvalue weighted by Crippen LogP contribution is -2.55. The number of aromatic amines is 1. The summed E-state index contributed by atoms with van der Waals surface area (Å²) >= 11 is 0. The van der Waals surface area contributed by atoms with Gasteiger partial charge in [0.15, 0.2) is 0 Å². The van der Waals surface area contributed by atoms with Gasteiger partial charge in [0.2, 0.25) is 5.66 Å². The predicted molar refractivity (Wildman–Crippen MR) is 97.0 cm³/mol. The van der Waals surface area contributed by atoms with Crippen molar-refractivity contribution in [2.24, 2.45) is 0 Å². The van der Waals surface area contributed by atoms with Gasteiger partial charge in [-0.05, 0) is 43.9 Å². The van der Waals surface area contributed by atoms with Gasteiger partial charge in [-0.1, -0.05) is 0 Å². The zero-order chi connectivity index (χ0) is 20.6. The molecule has 1 atom stereocenters. The number of amides is 1. The molecule has 1 fully saturated rings. The monoisotopic (exact) mass is 404 g/mol. The maximum atomic E-state index is 13.6. The molecule has 2 aliphatic rings. The average molecular weight is 404 g/mol. The third-order valence-corrected chi connectivity index (χ3v) is 5.39. The van der Waals surface area contributed by atoms with Crippen molar-refractivity contribution in [2.75, 3.05) is 5.32 Å². The molecule has 0 spiro atoms. The molecule has 8 nitrogen and oxygen atoms in total. The number of nitrogens with zero attached hydrogens (tertiary/aromatic N) is 3. The number of H-pyrrole nitrogens is 1. The van der Waals surface area contributed by atoms with Crippen LogP contribution in [-0.4, -0.2) is 31.6 Å². The number of rotatable bonds is 3. The summed E-state index contributed by atoms with van der Waals surface area (Å²) in [5.41, 5.74) is -2.72. The Morgan fingerprint density at radius 3 is 2.69 bits per heavy atom. The quantitative estimate of drug-likeness (QED) is 0.623. The highest BCUT2D eigenvalue weighted by molar-refractivity contribution is 5.96. The summed E-state index contributed by atoms with van der Waals surface area (Å²) in [6.45, 7) is 0.754. The summed E-state index contributed by atoms with van der Waals surface area (Å²) in [5.74, 6) is -0.230. The van der Waals surface area contributed by atoms with Gasteiger partial charge in [0.25, 0.3) is 11.5 Å². The molecule has 5 rings (SSSR count). The molecule has 0 saturated heterocycles. The van der Waals surface area contributed by atoms with E-state index in [9.17, 15) is 22.8 Å². The summed E-state index contributed by atoms with van der Waals surface area (Å²) in [4.78, 5) is 36.4.